The number of nitrogens with zero attached hydrogens (tertiary/aromatic N) is 2. The van der Waals surface area contributed by atoms with Gasteiger partial charge in [0.15, 0.2) is 5.82 Å². The molecule has 1 unspecified atom stereocenters. The minimum atomic E-state index is -4.45. The summed E-state index contributed by atoms with van der Waals surface area (Å²) in [6.45, 7) is 2.05. The number of benzene rings is 1. The third-order valence-electron chi connectivity index (χ3n) is 5.91. The molecule has 214 valence electrons. The lowest BCUT2D eigenvalue weighted by Gasteiger charge is -2.13. The van der Waals surface area contributed by atoms with Gasteiger partial charge in [-0.3, -0.25) is 13.8 Å². The van der Waals surface area contributed by atoms with Crippen molar-refractivity contribution >= 4 is 13.8 Å². The number of phosphoric ester groups is 1. The fraction of sp³-hybridized carbons (Fsp3) is 0.654. The topological polar surface area (TPSA) is 167 Å². The number of rotatable bonds is 22. The molecule has 2 rings (SSSR count). The van der Waals surface area contributed by atoms with Gasteiger partial charge in [-0.05, 0) is 24.5 Å². The van der Waals surface area contributed by atoms with Gasteiger partial charge in [0.1, 0.15) is 11.8 Å². The van der Waals surface area contributed by atoms with Crippen LogP contribution in [0.2, 0.25) is 0 Å². The van der Waals surface area contributed by atoms with Crippen LogP contribution in [0.1, 0.15) is 82.0 Å². The predicted octanol–water partition coefficient (Wildman–Crippen LogP) is 4.85. The summed E-state index contributed by atoms with van der Waals surface area (Å²) in [5, 5.41) is 12.6. The summed E-state index contributed by atoms with van der Waals surface area (Å²) in [5.41, 5.74) is 6.30. The van der Waals surface area contributed by atoms with Crippen molar-refractivity contribution in [2.75, 3.05) is 19.8 Å². The predicted molar refractivity (Wildman–Crippen MR) is 142 cm³/mol. The molecule has 4 N–H and O–H groups in total. The minimum absolute atomic E-state index is 0.0876. The van der Waals surface area contributed by atoms with E-state index < -0.39 is 26.4 Å². The molecular weight excluding hydrogens is 513 g/mol. The van der Waals surface area contributed by atoms with E-state index >= 15 is 0 Å². The number of ether oxygens (including phenoxy) is 1. The van der Waals surface area contributed by atoms with E-state index in [0.29, 0.717) is 25.3 Å². The van der Waals surface area contributed by atoms with Gasteiger partial charge in [-0.25, -0.2) is 4.57 Å². The van der Waals surface area contributed by atoms with Crippen LogP contribution in [-0.2, 0) is 37.7 Å². The highest BCUT2D eigenvalue weighted by Gasteiger charge is 2.24. The number of aliphatic carboxylic acids is 1. The maximum absolute atomic E-state index is 11.8. The minimum Gasteiger partial charge on any atom is -0.493 e. The smallest absolute Gasteiger partial charge is 0.472 e. The molecule has 1 aromatic heterocycles. The van der Waals surface area contributed by atoms with Crippen LogP contribution in [0.3, 0.4) is 0 Å². The van der Waals surface area contributed by atoms with E-state index in [9.17, 15) is 14.3 Å². The molecule has 0 saturated heterocycles. The maximum atomic E-state index is 11.8. The van der Waals surface area contributed by atoms with Gasteiger partial charge >= 0.3 is 13.8 Å². The molecule has 0 aliphatic rings. The first kappa shape index (κ1) is 31.9. The van der Waals surface area contributed by atoms with Crippen LogP contribution < -0.4 is 10.5 Å². The van der Waals surface area contributed by atoms with Crippen molar-refractivity contribution in [1.29, 1.82) is 0 Å². The molecule has 1 heterocycles. The quantitative estimate of drug-likeness (QED) is 0.134. The fourth-order valence-electron chi connectivity index (χ4n) is 3.72. The van der Waals surface area contributed by atoms with Crippen molar-refractivity contribution in [3.8, 4) is 5.75 Å². The molecule has 2 aromatic rings. The normalized spacial score (nSPS) is 13.8. The van der Waals surface area contributed by atoms with Gasteiger partial charge < -0.3 is 25.0 Å². The Morgan fingerprint density at radius 2 is 1.68 bits per heavy atom. The van der Waals surface area contributed by atoms with Crippen LogP contribution in [-0.4, -0.2) is 52.0 Å². The summed E-state index contributed by atoms with van der Waals surface area (Å²) >= 11 is 0. The van der Waals surface area contributed by atoms with Crippen molar-refractivity contribution < 1.29 is 37.7 Å². The summed E-state index contributed by atoms with van der Waals surface area (Å²) in [5.74, 6) is 0.267. The van der Waals surface area contributed by atoms with Gasteiger partial charge in [0, 0.05) is 6.42 Å². The number of para-hydroxylation sites is 1. The molecule has 0 aliphatic carbocycles. The number of hydrogen-bond acceptors (Lipinski definition) is 9. The van der Waals surface area contributed by atoms with Crippen LogP contribution >= 0.6 is 7.82 Å². The number of phosphoric acid groups is 1. The van der Waals surface area contributed by atoms with Gasteiger partial charge in [-0.1, -0.05) is 81.6 Å². The summed E-state index contributed by atoms with van der Waals surface area (Å²) in [7, 11) is -4.45. The molecule has 1 aromatic carbocycles. The highest BCUT2D eigenvalue weighted by Crippen LogP contribution is 2.43. The number of carbonyl (C=O) groups is 1. The Morgan fingerprint density at radius 1 is 1.00 bits per heavy atom. The van der Waals surface area contributed by atoms with Gasteiger partial charge in [0.2, 0.25) is 5.89 Å². The second-order valence-corrected chi connectivity index (χ2v) is 10.6. The van der Waals surface area contributed by atoms with E-state index in [2.05, 4.69) is 21.6 Å². The number of nitrogens with two attached hydrogens (primary N) is 1. The Balaban J connectivity index is 1.66. The molecule has 0 spiro atoms. The van der Waals surface area contributed by atoms with Gasteiger partial charge in [-0.2, -0.15) is 4.98 Å². The van der Waals surface area contributed by atoms with Crippen LogP contribution in [0.25, 0.3) is 0 Å². The number of carboxylic acid groups (broad SMARTS) is 1. The van der Waals surface area contributed by atoms with Crippen molar-refractivity contribution in [2.45, 2.75) is 90.0 Å². The third-order valence-corrected chi connectivity index (χ3v) is 6.90. The SMILES string of the molecule is CCCCCCCCCCCOc1ccccc1CCc1noc(CCOP(=O)(O)OC[C@H](N)C(=O)O)n1. The number of carboxylic acids is 1. The summed E-state index contributed by atoms with van der Waals surface area (Å²) < 4.78 is 32.4. The molecular formula is C26H42N3O8P. The zero-order valence-corrected chi connectivity index (χ0v) is 23.2. The average Bonchev–Trinajstić information content (AvgIpc) is 3.35. The lowest BCUT2D eigenvalue weighted by Crippen LogP contribution is -2.34. The van der Waals surface area contributed by atoms with Crippen LogP contribution in [0.5, 0.6) is 5.75 Å². The summed E-state index contributed by atoms with van der Waals surface area (Å²) in [4.78, 5) is 24.5. The number of aryl methyl sites for hydroxylation is 2. The highest BCUT2D eigenvalue weighted by atomic mass is 31.2. The fourth-order valence-corrected chi connectivity index (χ4v) is 4.46. The maximum Gasteiger partial charge on any atom is 0.472 e. The van der Waals surface area contributed by atoms with Gasteiger partial charge in [0.05, 0.1) is 26.2 Å². The van der Waals surface area contributed by atoms with Crippen molar-refractivity contribution in [3.63, 3.8) is 0 Å². The molecule has 2 atom stereocenters. The zero-order valence-electron chi connectivity index (χ0n) is 22.3. The number of unbranched alkanes of at least 4 members (excludes halogenated alkanes) is 8. The molecule has 0 bridgehead atoms. The van der Waals surface area contributed by atoms with Crippen molar-refractivity contribution in [1.82, 2.24) is 10.1 Å². The standard InChI is InChI=1S/C26H42N3O8P/c1-2-3-4-5-6-7-8-9-12-18-34-23-14-11-10-13-21(23)15-16-24-28-25(37-29-24)17-19-35-38(32,33)36-20-22(27)26(30)31/h10-11,13-14,22H,2-9,12,15-20,27H2,1H3,(H,30,31)(H,32,33)/t22-/m0/s1. The highest BCUT2D eigenvalue weighted by molar-refractivity contribution is 7.47. The Hall–Kier alpha value is -2.30. The molecule has 0 saturated carbocycles. The first-order valence-corrected chi connectivity index (χ1v) is 14.9. The first-order valence-electron chi connectivity index (χ1n) is 13.4. The zero-order chi connectivity index (χ0) is 27.6. The molecule has 38 heavy (non-hydrogen) atoms. The Labute approximate surface area is 224 Å². The summed E-state index contributed by atoms with van der Waals surface area (Å²) in [6.07, 6.45) is 12.7. The van der Waals surface area contributed by atoms with Crippen LogP contribution in [0.15, 0.2) is 28.8 Å². The lowest BCUT2D eigenvalue weighted by atomic mass is 10.1. The molecule has 0 aliphatic heterocycles. The van der Waals surface area contributed by atoms with E-state index in [-0.39, 0.29) is 18.9 Å². The number of aromatic nitrogens is 2. The first-order chi connectivity index (χ1) is 18.3. The monoisotopic (exact) mass is 555 g/mol. The van der Waals surface area contributed by atoms with E-state index in [1.165, 1.54) is 51.4 Å². The second kappa shape index (κ2) is 18.1. The molecule has 0 amide bonds. The average molecular weight is 556 g/mol. The molecule has 11 nitrogen and oxygen atoms in total. The molecule has 0 radical (unpaired) electrons. The van der Waals surface area contributed by atoms with Crippen molar-refractivity contribution in [2.24, 2.45) is 5.73 Å². The molecule has 0 fully saturated rings. The molecule has 12 heteroatoms. The van der Waals surface area contributed by atoms with Crippen LogP contribution in [0.4, 0.5) is 0 Å². The van der Waals surface area contributed by atoms with Gasteiger partial charge in [-0.15, -0.1) is 0 Å². The van der Waals surface area contributed by atoms with E-state index in [1.54, 1.807) is 0 Å². The van der Waals surface area contributed by atoms with E-state index in [1.807, 2.05) is 24.3 Å². The third kappa shape index (κ3) is 13.5. The Kier molecular flexibility index (Phi) is 15.2. The van der Waals surface area contributed by atoms with Crippen molar-refractivity contribution in [3.05, 3.63) is 41.5 Å². The van der Waals surface area contributed by atoms with E-state index in [4.69, 9.17) is 24.6 Å². The lowest BCUT2D eigenvalue weighted by molar-refractivity contribution is -0.139. The number of hydrogen-bond donors (Lipinski definition) is 3. The summed E-state index contributed by atoms with van der Waals surface area (Å²) in [6, 6.07) is 6.50. The van der Waals surface area contributed by atoms with Gasteiger partial charge in [0.25, 0.3) is 0 Å². The van der Waals surface area contributed by atoms with E-state index in [0.717, 1.165) is 17.7 Å². The Bertz CT molecular complexity index is 987. The Morgan fingerprint density at radius 3 is 2.39 bits per heavy atom. The largest absolute Gasteiger partial charge is 0.493 e. The second-order valence-electron chi connectivity index (χ2n) is 9.18. The van der Waals surface area contributed by atoms with Crippen LogP contribution in [0, 0.1) is 0 Å².